The lowest BCUT2D eigenvalue weighted by Gasteiger charge is -2.16. The van der Waals surface area contributed by atoms with Crippen LogP contribution in [0, 0.1) is 0 Å². The van der Waals surface area contributed by atoms with Crippen LogP contribution in [-0.2, 0) is 6.54 Å². The fourth-order valence-corrected chi connectivity index (χ4v) is 1.50. The molecule has 0 atom stereocenters. The molecular formula is C13H21ClN2O. The van der Waals surface area contributed by atoms with Crippen molar-refractivity contribution in [1.29, 1.82) is 0 Å². The van der Waals surface area contributed by atoms with Crippen LogP contribution in [0.3, 0.4) is 0 Å². The van der Waals surface area contributed by atoms with Crippen molar-refractivity contribution < 1.29 is 4.79 Å². The molecule has 0 aliphatic rings. The number of rotatable bonds is 5. The SMILES string of the molecule is CCCCN(C)C(=O)c1ccc(CN)cc1.Cl. The number of halogens is 1. The van der Waals surface area contributed by atoms with E-state index in [2.05, 4.69) is 6.92 Å². The van der Waals surface area contributed by atoms with Gasteiger partial charge in [-0.2, -0.15) is 0 Å². The van der Waals surface area contributed by atoms with E-state index in [1.165, 1.54) is 0 Å². The van der Waals surface area contributed by atoms with Gasteiger partial charge in [0.1, 0.15) is 0 Å². The fraction of sp³-hybridized carbons (Fsp3) is 0.462. The summed E-state index contributed by atoms with van der Waals surface area (Å²) in [5, 5.41) is 0. The van der Waals surface area contributed by atoms with E-state index >= 15 is 0 Å². The highest BCUT2D eigenvalue weighted by molar-refractivity contribution is 5.94. The molecule has 0 bridgehead atoms. The van der Waals surface area contributed by atoms with Crippen LogP contribution in [0.4, 0.5) is 0 Å². The Morgan fingerprint density at radius 3 is 2.35 bits per heavy atom. The molecule has 3 nitrogen and oxygen atoms in total. The first-order chi connectivity index (χ1) is 7.69. The molecule has 0 heterocycles. The van der Waals surface area contributed by atoms with Crippen molar-refractivity contribution in [1.82, 2.24) is 4.90 Å². The van der Waals surface area contributed by atoms with E-state index in [9.17, 15) is 4.79 Å². The van der Waals surface area contributed by atoms with Crippen molar-refractivity contribution in [2.45, 2.75) is 26.3 Å². The lowest BCUT2D eigenvalue weighted by Crippen LogP contribution is -2.27. The molecule has 0 aromatic heterocycles. The van der Waals surface area contributed by atoms with Crippen LogP contribution < -0.4 is 5.73 Å². The number of carbonyl (C=O) groups excluding carboxylic acids is 1. The van der Waals surface area contributed by atoms with Crippen molar-refractivity contribution >= 4 is 18.3 Å². The molecule has 2 N–H and O–H groups in total. The minimum absolute atomic E-state index is 0. The van der Waals surface area contributed by atoms with Gasteiger partial charge in [0.15, 0.2) is 0 Å². The molecule has 0 aliphatic heterocycles. The Balaban J connectivity index is 0.00000256. The second-order valence-corrected chi connectivity index (χ2v) is 3.98. The normalized spacial score (nSPS) is 9.59. The topological polar surface area (TPSA) is 46.3 Å². The van der Waals surface area contributed by atoms with Gasteiger partial charge in [-0.1, -0.05) is 25.5 Å². The largest absolute Gasteiger partial charge is 0.342 e. The van der Waals surface area contributed by atoms with Gasteiger partial charge in [-0.25, -0.2) is 0 Å². The number of amides is 1. The Kier molecular flexibility index (Phi) is 7.59. The Labute approximate surface area is 109 Å². The van der Waals surface area contributed by atoms with Crippen molar-refractivity contribution in [2.75, 3.05) is 13.6 Å². The maximum Gasteiger partial charge on any atom is 0.253 e. The van der Waals surface area contributed by atoms with Crippen LogP contribution in [0.25, 0.3) is 0 Å². The molecule has 1 aromatic carbocycles. The maximum absolute atomic E-state index is 11.9. The summed E-state index contributed by atoms with van der Waals surface area (Å²) in [6, 6.07) is 7.49. The quantitative estimate of drug-likeness (QED) is 0.880. The van der Waals surface area contributed by atoms with Gasteiger partial charge in [0.2, 0.25) is 0 Å². The molecule has 0 saturated heterocycles. The molecule has 4 heteroatoms. The van der Waals surface area contributed by atoms with E-state index in [4.69, 9.17) is 5.73 Å². The van der Waals surface area contributed by atoms with E-state index < -0.39 is 0 Å². The predicted octanol–water partition coefficient (Wildman–Crippen LogP) is 2.44. The van der Waals surface area contributed by atoms with Crippen molar-refractivity contribution in [3.63, 3.8) is 0 Å². The third kappa shape index (κ3) is 4.75. The molecule has 1 aromatic rings. The van der Waals surface area contributed by atoms with E-state index in [0.29, 0.717) is 6.54 Å². The van der Waals surface area contributed by atoms with Gasteiger partial charge in [0, 0.05) is 25.7 Å². The van der Waals surface area contributed by atoms with Crippen LogP contribution in [-0.4, -0.2) is 24.4 Å². The summed E-state index contributed by atoms with van der Waals surface area (Å²) in [5.74, 6) is 0.0806. The molecule has 0 fully saturated rings. The van der Waals surface area contributed by atoms with Gasteiger partial charge in [-0.3, -0.25) is 4.79 Å². The second kappa shape index (κ2) is 8.09. The van der Waals surface area contributed by atoms with Crippen molar-refractivity contribution in [3.8, 4) is 0 Å². The number of nitrogens with zero attached hydrogens (tertiary/aromatic N) is 1. The average molecular weight is 257 g/mol. The number of hydrogen-bond donors (Lipinski definition) is 1. The predicted molar refractivity (Wildman–Crippen MR) is 73.4 cm³/mol. The van der Waals surface area contributed by atoms with E-state index in [0.717, 1.165) is 30.5 Å². The Bertz CT molecular complexity index is 338. The third-order valence-electron chi connectivity index (χ3n) is 2.63. The highest BCUT2D eigenvalue weighted by Gasteiger charge is 2.10. The van der Waals surface area contributed by atoms with Gasteiger partial charge in [-0.15, -0.1) is 12.4 Å². The lowest BCUT2D eigenvalue weighted by molar-refractivity contribution is 0.0793. The lowest BCUT2D eigenvalue weighted by atomic mass is 10.1. The van der Waals surface area contributed by atoms with E-state index in [1.54, 1.807) is 4.90 Å². The van der Waals surface area contributed by atoms with Crippen LogP contribution in [0.15, 0.2) is 24.3 Å². The summed E-state index contributed by atoms with van der Waals surface area (Å²) < 4.78 is 0. The van der Waals surface area contributed by atoms with Gasteiger partial charge >= 0.3 is 0 Å². The molecule has 0 unspecified atom stereocenters. The number of benzene rings is 1. The minimum Gasteiger partial charge on any atom is -0.342 e. The molecule has 1 rings (SSSR count). The van der Waals surface area contributed by atoms with Gasteiger partial charge in [0.25, 0.3) is 5.91 Å². The van der Waals surface area contributed by atoms with Crippen molar-refractivity contribution in [3.05, 3.63) is 35.4 Å². The van der Waals surface area contributed by atoms with Crippen LogP contribution >= 0.6 is 12.4 Å². The first-order valence-electron chi connectivity index (χ1n) is 5.73. The van der Waals surface area contributed by atoms with E-state index in [-0.39, 0.29) is 18.3 Å². The van der Waals surface area contributed by atoms with Gasteiger partial charge in [0.05, 0.1) is 0 Å². The van der Waals surface area contributed by atoms with Crippen LogP contribution in [0.2, 0.25) is 0 Å². The smallest absolute Gasteiger partial charge is 0.253 e. The first-order valence-corrected chi connectivity index (χ1v) is 5.73. The number of hydrogen-bond acceptors (Lipinski definition) is 2. The monoisotopic (exact) mass is 256 g/mol. The molecule has 1 amide bonds. The average Bonchev–Trinajstić information content (AvgIpc) is 2.35. The summed E-state index contributed by atoms with van der Waals surface area (Å²) in [4.78, 5) is 13.7. The van der Waals surface area contributed by atoms with Crippen molar-refractivity contribution in [2.24, 2.45) is 5.73 Å². The van der Waals surface area contributed by atoms with Gasteiger partial charge in [-0.05, 0) is 24.1 Å². The molecule has 0 radical (unpaired) electrons. The molecule has 0 spiro atoms. The molecule has 0 aliphatic carbocycles. The number of unbranched alkanes of at least 4 members (excludes halogenated alkanes) is 1. The van der Waals surface area contributed by atoms with Gasteiger partial charge < -0.3 is 10.6 Å². The Morgan fingerprint density at radius 1 is 1.29 bits per heavy atom. The molecule has 96 valence electrons. The number of nitrogens with two attached hydrogens (primary N) is 1. The zero-order valence-electron chi connectivity index (χ0n) is 10.5. The van der Waals surface area contributed by atoms with Crippen LogP contribution in [0.5, 0.6) is 0 Å². The first kappa shape index (κ1) is 15.9. The second-order valence-electron chi connectivity index (χ2n) is 3.98. The zero-order valence-corrected chi connectivity index (χ0v) is 11.3. The molecular weight excluding hydrogens is 236 g/mol. The zero-order chi connectivity index (χ0) is 12.0. The molecule has 0 saturated carbocycles. The highest BCUT2D eigenvalue weighted by Crippen LogP contribution is 2.07. The maximum atomic E-state index is 11.9. The Morgan fingerprint density at radius 2 is 1.88 bits per heavy atom. The fourth-order valence-electron chi connectivity index (χ4n) is 1.50. The summed E-state index contributed by atoms with van der Waals surface area (Å²) in [5.41, 5.74) is 7.29. The minimum atomic E-state index is 0. The summed E-state index contributed by atoms with van der Waals surface area (Å²) in [6.45, 7) is 3.45. The standard InChI is InChI=1S/C13H20N2O.ClH/c1-3-4-9-15(2)13(16)12-7-5-11(10-14)6-8-12;/h5-8H,3-4,9-10,14H2,1-2H3;1H. The summed E-state index contributed by atoms with van der Waals surface area (Å²) in [6.07, 6.45) is 2.15. The third-order valence-corrected chi connectivity index (χ3v) is 2.63. The highest BCUT2D eigenvalue weighted by atomic mass is 35.5. The van der Waals surface area contributed by atoms with E-state index in [1.807, 2.05) is 31.3 Å². The molecule has 17 heavy (non-hydrogen) atoms. The number of carbonyl (C=O) groups is 1. The summed E-state index contributed by atoms with van der Waals surface area (Å²) in [7, 11) is 1.84. The Hall–Kier alpha value is -1.06. The summed E-state index contributed by atoms with van der Waals surface area (Å²) >= 11 is 0. The van der Waals surface area contributed by atoms with Crippen LogP contribution in [0.1, 0.15) is 35.7 Å².